The van der Waals surface area contributed by atoms with Gasteiger partial charge in [-0.05, 0) is 37.5 Å². The van der Waals surface area contributed by atoms with E-state index >= 15 is 0 Å². The molecule has 0 radical (unpaired) electrons. The number of nitrogens with zero attached hydrogens (tertiary/aromatic N) is 3. The van der Waals surface area contributed by atoms with Crippen molar-refractivity contribution in [3.8, 4) is 5.00 Å². The lowest BCUT2D eigenvalue weighted by molar-refractivity contribution is 0.0623. The number of aromatic nitrogens is 1. The average molecular weight is 346 g/mol. The van der Waals surface area contributed by atoms with Crippen LogP contribution in [-0.2, 0) is 0 Å². The third kappa shape index (κ3) is 3.42. The second-order valence-corrected chi connectivity index (χ2v) is 8.24. The molecular formula is C19H27N3OS. The van der Waals surface area contributed by atoms with Gasteiger partial charge in [0.2, 0.25) is 0 Å². The summed E-state index contributed by atoms with van der Waals surface area (Å²) in [6.45, 7) is 13.4. The largest absolute Gasteiger partial charge is 0.336 e. The highest BCUT2D eigenvalue weighted by atomic mass is 32.1. The number of rotatable bonds is 4. The van der Waals surface area contributed by atoms with Gasteiger partial charge in [-0.1, -0.05) is 13.8 Å². The molecule has 130 valence electrons. The van der Waals surface area contributed by atoms with Crippen LogP contribution in [0, 0.1) is 19.8 Å². The maximum absolute atomic E-state index is 13.2. The lowest BCUT2D eigenvalue weighted by Crippen LogP contribution is -2.49. The number of aryl methyl sites for hydroxylation is 1. The van der Waals surface area contributed by atoms with Gasteiger partial charge in [-0.25, -0.2) is 0 Å². The minimum Gasteiger partial charge on any atom is -0.336 e. The Morgan fingerprint density at radius 2 is 1.75 bits per heavy atom. The van der Waals surface area contributed by atoms with Crippen molar-refractivity contribution in [2.24, 2.45) is 5.92 Å². The van der Waals surface area contributed by atoms with Crippen molar-refractivity contribution >= 4 is 17.2 Å². The number of hydrogen-bond acceptors (Lipinski definition) is 3. The van der Waals surface area contributed by atoms with Crippen LogP contribution in [0.4, 0.5) is 0 Å². The zero-order valence-electron chi connectivity index (χ0n) is 15.1. The Balaban J connectivity index is 1.79. The lowest BCUT2D eigenvalue weighted by atomic mass is 10.1. The van der Waals surface area contributed by atoms with Gasteiger partial charge in [-0.3, -0.25) is 9.69 Å². The van der Waals surface area contributed by atoms with Crippen LogP contribution in [0.3, 0.4) is 0 Å². The predicted molar refractivity (Wildman–Crippen MR) is 100 cm³/mol. The van der Waals surface area contributed by atoms with Crippen molar-refractivity contribution in [1.82, 2.24) is 14.4 Å². The van der Waals surface area contributed by atoms with E-state index in [-0.39, 0.29) is 5.91 Å². The number of carbonyl (C=O) groups is 1. The van der Waals surface area contributed by atoms with E-state index in [1.807, 2.05) is 29.4 Å². The van der Waals surface area contributed by atoms with Gasteiger partial charge in [0.1, 0.15) is 5.00 Å². The molecule has 1 aliphatic heterocycles. The first kappa shape index (κ1) is 17.2. The molecule has 2 aromatic heterocycles. The molecule has 1 aliphatic rings. The SMILES string of the molecule is Cc1sc(-n2cccc2)c(C(=O)N2CCN(CC(C)C)CC2)c1C. The van der Waals surface area contributed by atoms with Crippen LogP contribution in [0.5, 0.6) is 0 Å². The molecule has 1 fully saturated rings. The Bertz CT molecular complexity index is 695. The second-order valence-electron chi connectivity index (χ2n) is 7.04. The van der Waals surface area contributed by atoms with Gasteiger partial charge in [-0.2, -0.15) is 0 Å². The van der Waals surface area contributed by atoms with E-state index in [9.17, 15) is 4.79 Å². The molecule has 4 nitrogen and oxygen atoms in total. The third-order valence-corrected chi connectivity index (χ3v) is 5.92. The van der Waals surface area contributed by atoms with Crippen LogP contribution >= 0.6 is 11.3 Å². The summed E-state index contributed by atoms with van der Waals surface area (Å²) in [5, 5.41) is 1.05. The van der Waals surface area contributed by atoms with Crippen molar-refractivity contribution in [2.75, 3.05) is 32.7 Å². The van der Waals surface area contributed by atoms with Gasteiger partial charge in [-0.15, -0.1) is 11.3 Å². The Morgan fingerprint density at radius 1 is 1.12 bits per heavy atom. The summed E-state index contributed by atoms with van der Waals surface area (Å²) in [5.74, 6) is 0.860. The van der Waals surface area contributed by atoms with E-state index in [0.29, 0.717) is 5.92 Å². The monoisotopic (exact) mass is 345 g/mol. The fourth-order valence-electron chi connectivity index (χ4n) is 3.32. The van der Waals surface area contributed by atoms with Crippen molar-refractivity contribution in [3.63, 3.8) is 0 Å². The van der Waals surface area contributed by atoms with E-state index in [0.717, 1.165) is 48.9 Å². The van der Waals surface area contributed by atoms with E-state index in [4.69, 9.17) is 0 Å². The van der Waals surface area contributed by atoms with Crippen molar-refractivity contribution in [1.29, 1.82) is 0 Å². The predicted octanol–water partition coefficient (Wildman–Crippen LogP) is 3.57. The molecule has 3 heterocycles. The first-order valence-electron chi connectivity index (χ1n) is 8.72. The number of thiophene rings is 1. The van der Waals surface area contributed by atoms with Gasteiger partial charge in [0.05, 0.1) is 5.56 Å². The van der Waals surface area contributed by atoms with Gasteiger partial charge in [0, 0.05) is 50.0 Å². The first-order chi connectivity index (χ1) is 11.5. The van der Waals surface area contributed by atoms with Crippen LogP contribution in [0.15, 0.2) is 24.5 Å². The molecule has 0 saturated carbocycles. The summed E-state index contributed by atoms with van der Waals surface area (Å²) >= 11 is 1.71. The number of piperazine rings is 1. The second kappa shape index (κ2) is 7.11. The Kier molecular flexibility index (Phi) is 5.11. The normalized spacial score (nSPS) is 16.1. The number of amides is 1. The van der Waals surface area contributed by atoms with Crippen molar-refractivity contribution in [3.05, 3.63) is 40.5 Å². The summed E-state index contributed by atoms with van der Waals surface area (Å²) in [5.41, 5.74) is 2.00. The van der Waals surface area contributed by atoms with Gasteiger partial charge < -0.3 is 9.47 Å². The third-order valence-electron chi connectivity index (χ3n) is 4.70. The van der Waals surface area contributed by atoms with Crippen LogP contribution in [-0.4, -0.2) is 53.0 Å². The average Bonchev–Trinajstić information content (AvgIpc) is 3.16. The Morgan fingerprint density at radius 3 is 2.33 bits per heavy atom. The summed E-state index contributed by atoms with van der Waals surface area (Å²) in [6.07, 6.45) is 4.03. The van der Waals surface area contributed by atoms with E-state index in [1.54, 1.807) is 11.3 Å². The molecule has 0 aliphatic carbocycles. The highest BCUT2D eigenvalue weighted by molar-refractivity contribution is 7.15. The van der Waals surface area contributed by atoms with Crippen LogP contribution in [0.2, 0.25) is 0 Å². The van der Waals surface area contributed by atoms with E-state index in [1.165, 1.54) is 4.88 Å². The van der Waals surface area contributed by atoms with Crippen molar-refractivity contribution in [2.45, 2.75) is 27.7 Å². The van der Waals surface area contributed by atoms with Gasteiger partial charge in [0.15, 0.2) is 0 Å². The van der Waals surface area contributed by atoms with Crippen molar-refractivity contribution < 1.29 is 4.79 Å². The minimum atomic E-state index is 0.185. The number of carbonyl (C=O) groups excluding carboxylic acids is 1. The maximum atomic E-state index is 13.2. The molecule has 0 atom stereocenters. The minimum absolute atomic E-state index is 0.185. The fourth-order valence-corrected chi connectivity index (χ4v) is 4.44. The highest BCUT2D eigenvalue weighted by Gasteiger charge is 2.27. The quantitative estimate of drug-likeness (QED) is 0.847. The molecule has 2 aromatic rings. The highest BCUT2D eigenvalue weighted by Crippen LogP contribution is 2.32. The molecule has 1 saturated heterocycles. The maximum Gasteiger partial charge on any atom is 0.257 e. The van der Waals surface area contributed by atoms with Gasteiger partial charge >= 0.3 is 0 Å². The molecule has 0 unspecified atom stereocenters. The van der Waals surface area contributed by atoms with Gasteiger partial charge in [0.25, 0.3) is 5.91 Å². The summed E-state index contributed by atoms with van der Waals surface area (Å²) in [6, 6.07) is 4.01. The molecule has 5 heteroatoms. The first-order valence-corrected chi connectivity index (χ1v) is 9.54. The summed E-state index contributed by atoms with van der Waals surface area (Å²) in [4.78, 5) is 18.9. The molecule has 3 rings (SSSR count). The molecule has 0 bridgehead atoms. The zero-order chi connectivity index (χ0) is 17.3. The molecular weight excluding hydrogens is 318 g/mol. The molecule has 0 N–H and O–H groups in total. The summed E-state index contributed by atoms with van der Waals surface area (Å²) in [7, 11) is 0. The van der Waals surface area contributed by atoms with E-state index < -0.39 is 0 Å². The standard InChI is InChI=1S/C19H27N3OS/c1-14(2)13-20-9-11-21(12-10-20)18(23)17-15(3)16(4)24-19(17)22-7-5-6-8-22/h5-8,14H,9-13H2,1-4H3. The number of hydrogen-bond donors (Lipinski definition) is 0. The molecule has 1 amide bonds. The molecule has 0 aromatic carbocycles. The van der Waals surface area contributed by atoms with Crippen LogP contribution in [0.1, 0.15) is 34.6 Å². The smallest absolute Gasteiger partial charge is 0.257 e. The topological polar surface area (TPSA) is 28.5 Å². The zero-order valence-corrected chi connectivity index (χ0v) is 15.9. The molecule has 0 spiro atoms. The van der Waals surface area contributed by atoms with Crippen LogP contribution < -0.4 is 0 Å². The van der Waals surface area contributed by atoms with E-state index in [2.05, 4.69) is 37.2 Å². The lowest BCUT2D eigenvalue weighted by Gasteiger charge is -2.35. The Hall–Kier alpha value is -1.59. The van der Waals surface area contributed by atoms with Crippen LogP contribution in [0.25, 0.3) is 5.00 Å². The summed E-state index contributed by atoms with van der Waals surface area (Å²) < 4.78 is 2.06. The Labute approximate surface area is 148 Å². The molecule has 24 heavy (non-hydrogen) atoms. The fraction of sp³-hybridized carbons (Fsp3) is 0.526.